The normalized spacial score (nSPS) is 12.3. The molecular weight excluding hydrogens is 228 g/mol. The van der Waals surface area contributed by atoms with Crippen molar-refractivity contribution in [1.29, 1.82) is 0 Å². The maximum Gasteiger partial charge on any atom is 0.146 e. The van der Waals surface area contributed by atoms with E-state index < -0.39 is 0 Å². The molecule has 0 saturated carbocycles. The molecule has 2 rings (SSSR count). The van der Waals surface area contributed by atoms with Crippen molar-refractivity contribution < 1.29 is 0 Å². The zero-order valence-electron chi connectivity index (χ0n) is 10.2. The molecule has 5 N–H and O–H groups in total. The Labute approximate surface area is 105 Å². The van der Waals surface area contributed by atoms with Crippen LogP contribution in [-0.4, -0.2) is 15.0 Å². The van der Waals surface area contributed by atoms with Gasteiger partial charge in [-0.1, -0.05) is 0 Å². The van der Waals surface area contributed by atoms with Crippen LogP contribution in [0.15, 0.2) is 30.9 Å². The third-order valence-electron chi connectivity index (χ3n) is 2.68. The van der Waals surface area contributed by atoms with Crippen molar-refractivity contribution in [1.82, 2.24) is 20.4 Å². The largest absolute Gasteiger partial charge is 0.398 e. The lowest BCUT2D eigenvalue weighted by Crippen LogP contribution is -2.31. The summed E-state index contributed by atoms with van der Waals surface area (Å²) in [6.45, 7) is 1.94. The number of pyridine rings is 1. The topological polar surface area (TPSA) is 103 Å². The molecule has 2 aromatic heterocycles. The minimum Gasteiger partial charge on any atom is -0.398 e. The minimum atomic E-state index is -0.183. The van der Waals surface area contributed by atoms with E-state index in [0.717, 1.165) is 11.1 Å². The summed E-state index contributed by atoms with van der Waals surface area (Å²) in [5, 5.41) is 0. The van der Waals surface area contributed by atoms with Gasteiger partial charge in [0.15, 0.2) is 0 Å². The van der Waals surface area contributed by atoms with Crippen LogP contribution in [0, 0.1) is 6.92 Å². The number of aryl methyl sites for hydroxylation is 1. The molecule has 0 radical (unpaired) electrons. The molecule has 6 heteroatoms. The van der Waals surface area contributed by atoms with Gasteiger partial charge in [0.05, 0.1) is 6.04 Å². The molecule has 0 saturated heterocycles. The van der Waals surface area contributed by atoms with Gasteiger partial charge < -0.3 is 5.73 Å². The van der Waals surface area contributed by atoms with Gasteiger partial charge in [-0.15, -0.1) is 0 Å². The monoisotopic (exact) mass is 244 g/mol. The molecule has 1 unspecified atom stereocenters. The van der Waals surface area contributed by atoms with E-state index in [2.05, 4.69) is 20.4 Å². The van der Waals surface area contributed by atoms with Crippen LogP contribution >= 0.6 is 0 Å². The Kier molecular flexibility index (Phi) is 3.81. The molecule has 0 amide bonds. The fraction of sp³-hybridized carbons (Fsp3) is 0.250. The Morgan fingerprint density at radius 3 is 2.61 bits per heavy atom. The summed E-state index contributed by atoms with van der Waals surface area (Å²) in [6, 6.07) is 1.58. The molecule has 0 fully saturated rings. The summed E-state index contributed by atoms with van der Waals surface area (Å²) in [7, 11) is 0. The molecular formula is C12H16N6. The highest BCUT2D eigenvalue weighted by Gasteiger charge is 2.14. The van der Waals surface area contributed by atoms with Crippen molar-refractivity contribution in [2.45, 2.75) is 19.4 Å². The van der Waals surface area contributed by atoms with Crippen LogP contribution in [0.1, 0.15) is 23.0 Å². The summed E-state index contributed by atoms with van der Waals surface area (Å²) in [5.41, 5.74) is 11.2. The summed E-state index contributed by atoms with van der Waals surface area (Å²) in [5.74, 6) is 6.19. The van der Waals surface area contributed by atoms with Crippen LogP contribution in [0.4, 0.5) is 5.69 Å². The standard InChI is InChI=1S/C12H16N6/c1-8-5-16-12(17-6-8)11(18-14)4-9-7-15-3-2-10(9)13/h2-3,5-7,11,18H,4,14H2,1H3,(H2,13,15). The number of anilines is 1. The predicted molar refractivity (Wildman–Crippen MR) is 69.2 cm³/mol. The molecule has 1 atom stereocenters. The van der Waals surface area contributed by atoms with Gasteiger partial charge in [0.25, 0.3) is 0 Å². The number of nitrogens with one attached hydrogen (secondary N) is 1. The number of hydrazine groups is 1. The predicted octanol–water partition coefficient (Wildman–Crippen LogP) is 0.509. The molecule has 18 heavy (non-hydrogen) atoms. The van der Waals surface area contributed by atoms with Gasteiger partial charge >= 0.3 is 0 Å². The first-order valence-corrected chi connectivity index (χ1v) is 5.63. The van der Waals surface area contributed by atoms with Crippen molar-refractivity contribution in [2.75, 3.05) is 5.73 Å². The average molecular weight is 244 g/mol. The highest BCUT2D eigenvalue weighted by molar-refractivity contribution is 5.44. The van der Waals surface area contributed by atoms with Gasteiger partial charge in [-0.25, -0.2) is 15.4 Å². The highest BCUT2D eigenvalue weighted by Crippen LogP contribution is 2.17. The van der Waals surface area contributed by atoms with Crippen LogP contribution < -0.4 is 17.0 Å². The van der Waals surface area contributed by atoms with Crippen LogP contribution in [-0.2, 0) is 6.42 Å². The van der Waals surface area contributed by atoms with E-state index in [9.17, 15) is 0 Å². The lowest BCUT2D eigenvalue weighted by Gasteiger charge is -2.15. The van der Waals surface area contributed by atoms with Crippen molar-refractivity contribution in [3.8, 4) is 0 Å². The van der Waals surface area contributed by atoms with Gasteiger partial charge in [-0.2, -0.15) is 0 Å². The third-order valence-corrected chi connectivity index (χ3v) is 2.68. The number of aromatic nitrogens is 3. The molecule has 0 spiro atoms. The number of nitrogens with two attached hydrogens (primary N) is 2. The van der Waals surface area contributed by atoms with E-state index in [1.54, 1.807) is 30.9 Å². The maximum atomic E-state index is 5.88. The second-order valence-electron chi connectivity index (χ2n) is 4.12. The van der Waals surface area contributed by atoms with Gasteiger partial charge in [-0.05, 0) is 30.5 Å². The number of nitrogen functional groups attached to an aromatic ring is 1. The lowest BCUT2D eigenvalue weighted by atomic mass is 10.1. The second-order valence-corrected chi connectivity index (χ2v) is 4.12. The zero-order chi connectivity index (χ0) is 13.0. The first-order valence-electron chi connectivity index (χ1n) is 5.63. The SMILES string of the molecule is Cc1cnc(C(Cc2cnccc2N)NN)nc1. The van der Waals surface area contributed by atoms with Gasteiger partial charge in [0, 0.05) is 30.5 Å². The second kappa shape index (κ2) is 5.52. The van der Waals surface area contributed by atoms with Crippen LogP contribution in [0.5, 0.6) is 0 Å². The first-order chi connectivity index (χ1) is 8.70. The Bertz CT molecular complexity index is 510. The van der Waals surface area contributed by atoms with Gasteiger partial charge in [-0.3, -0.25) is 10.8 Å². The molecule has 2 heterocycles. The summed E-state index contributed by atoms with van der Waals surface area (Å²) in [4.78, 5) is 12.6. The van der Waals surface area contributed by atoms with Gasteiger partial charge in [0.2, 0.25) is 0 Å². The Morgan fingerprint density at radius 2 is 2.00 bits per heavy atom. The lowest BCUT2D eigenvalue weighted by molar-refractivity contribution is 0.522. The van der Waals surface area contributed by atoms with E-state index >= 15 is 0 Å². The van der Waals surface area contributed by atoms with E-state index in [0.29, 0.717) is 17.9 Å². The Hall–Kier alpha value is -2.05. The van der Waals surface area contributed by atoms with E-state index in [1.807, 2.05) is 6.92 Å². The fourth-order valence-corrected chi connectivity index (χ4v) is 1.64. The van der Waals surface area contributed by atoms with Crippen LogP contribution in [0.3, 0.4) is 0 Å². The Morgan fingerprint density at radius 1 is 1.28 bits per heavy atom. The molecule has 0 bridgehead atoms. The van der Waals surface area contributed by atoms with Gasteiger partial charge in [0.1, 0.15) is 5.82 Å². The quantitative estimate of drug-likeness (QED) is 0.535. The molecule has 0 aromatic carbocycles. The van der Waals surface area contributed by atoms with E-state index in [-0.39, 0.29) is 6.04 Å². The minimum absolute atomic E-state index is 0.183. The number of hydrogen-bond acceptors (Lipinski definition) is 6. The molecule has 0 aliphatic carbocycles. The summed E-state index contributed by atoms with van der Waals surface area (Å²) >= 11 is 0. The van der Waals surface area contributed by atoms with Crippen molar-refractivity contribution in [2.24, 2.45) is 5.84 Å². The number of nitrogens with zero attached hydrogens (tertiary/aromatic N) is 3. The molecule has 0 aliphatic rings. The molecule has 94 valence electrons. The number of rotatable bonds is 4. The zero-order valence-corrected chi connectivity index (χ0v) is 10.2. The molecule has 0 aliphatic heterocycles. The molecule has 6 nitrogen and oxygen atoms in total. The summed E-state index contributed by atoms with van der Waals surface area (Å²) < 4.78 is 0. The van der Waals surface area contributed by atoms with Crippen molar-refractivity contribution in [3.63, 3.8) is 0 Å². The third kappa shape index (κ3) is 2.79. The summed E-state index contributed by atoms with van der Waals surface area (Å²) in [6.07, 6.45) is 7.51. The van der Waals surface area contributed by atoms with Crippen LogP contribution in [0.25, 0.3) is 0 Å². The van der Waals surface area contributed by atoms with E-state index in [1.165, 1.54) is 0 Å². The van der Waals surface area contributed by atoms with Crippen LogP contribution in [0.2, 0.25) is 0 Å². The smallest absolute Gasteiger partial charge is 0.146 e. The average Bonchev–Trinajstić information content (AvgIpc) is 2.39. The number of hydrogen-bond donors (Lipinski definition) is 3. The van der Waals surface area contributed by atoms with Crippen molar-refractivity contribution in [3.05, 3.63) is 47.8 Å². The first kappa shape index (κ1) is 12.4. The molecule has 2 aromatic rings. The van der Waals surface area contributed by atoms with Crippen molar-refractivity contribution >= 4 is 5.69 Å². The highest BCUT2D eigenvalue weighted by atomic mass is 15.2. The Balaban J connectivity index is 2.20. The maximum absolute atomic E-state index is 5.88. The van der Waals surface area contributed by atoms with E-state index in [4.69, 9.17) is 11.6 Å². The fourth-order valence-electron chi connectivity index (χ4n) is 1.64.